The molecule has 4 heterocycles. The lowest BCUT2D eigenvalue weighted by atomic mass is 10.0. The normalized spacial score (nSPS) is 19.3. The summed E-state index contributed by atoms with van der Waals surface area (Å²) in [7, 11) is 1.67. The van der Waals surface area contributed by atoms with Crippen LogP contribution in [-0.2, 0) is 24.2 Å². The number of aromatic nitrogens is 3. The number of amides is 1. The van der Waals surface area contributed by atoms with Crippen LogP contribution in [0.4, 0.5) is 0 Å². The highest BCUT2D eigenvalue weighted by Crippen LogP contribution is 2.32. The van der Waals surface area contributed by atoms with Gasteiger partial charge in [-0.05, 0) is 18.2 Å². The molecule has 0 saturated heterocycles. The van der Waals surface area contributed by atoms with Crippen molar-refractivity contribution in [3.63, 3.8) is 0 Å². The maximum Gasteiger partial charge on any atom is 0.246 e. The number of imidazole rings is 1. The van der Waals surface area contributed by atoms with Gasteiger partial charge in [0.1, 0.15) is 11.8 Å². The molecule has 134 valence electrons. The van der Waals surface area contributed by atoms with E-state index in [4.69, 9.17) is 4.74 Å². The zero-order chi connectivity index (χ0) is 17.7. The molecule has 0 unspecified atom stereocenters. The van der Waals surface area contributed by atoms with Gasteiger partial charge in [-0.3, -0.25) is 4.79 Å². The summed E-state index contributed by atoms with van der Waals surface area (Å²) in [5.41, 5.74) is 5.41. The molecule has 0 bridgehead atoms. The van der Waals surface area contributed by atoms with Crippen LogP contribution < -0.4 is 10.1 Å². The van der Waals surface area contributed by atoms with Gasteiger partial charge in [-0.25, -0.2) is 4.98 Å². The van der Waals surface area contributed by atoms with Gasteiger partial charge in [-0.1, -0.05) is 0 Å². The van der Waals surface area contributed by atoms with E-state index >= 15 is 0 Å². The van der Waals surface area contributed by atoms with Crippen molar-refractivity contribution in [1.29, 1.82) is 0 Å². The van der Waals surface area contributed by atoms with E-state index in [1.165, 1.54) is 11.3 Å². The van der Waals surface area contributed by atoms with Crippen LogP contribution in [0, 0.1) is 0 Å². The third kappa shape index (κ3) is 2.31. The predicted octanol–water partition coefficient (Wildman–Crippen LogP) is 1.67. The van der Waals surface area contributed by atoms with E-state index in [0.29, 0.717) is 13.1 Å². The molecular formula is C19H21N5O2. The molecule has 3 N–H and O–H groups in total. The molecule has 0 radical (unpaired) electrons. The third-order valence-electron chi connectivity index (χ3n) is 5.49. The highest BCUT2D eigenvalue weighted by atomic mass is 16.5. The SMILES string of the molecule is COc1ccc2[nH]c3c(c2c1)CN(C(=O)[C@H]1NCCc2[nH]cnc21)CC3. The smallest absolute Gasteiger partial charge is 0.246 e. The van der Waals surface area contributed by atoms with Crippen molar-refractivity contribution in [2.24, 2.45) is 0 Å². The quantitative estimate of drug-likeness (QED) is 0.656. The summed E-state index contributed by atoms with van der Waals surface area (Å²) in [6.45, 7) is 2.11. The average molecular weight is 351 g/mol. The van der Waals surface area contributed by atoms with Crippen LogP contribution in [0.15, 0.2) is 24.5 Å². The van der Waals surface area contributed by atoms with E-state index in [0.717, 1.165) is 47.4 Å². The van der Waals surface area contributed by atoms with Crippen LogP contribution in [-0.4, -0.2) is 46.0 Å². The Bertz CT molecular complexity index is 989. The van der Waals surface area contributed by atoms with Crippen LogP contribution >= 0.6 is 0 Å². The number of nitrogens with zero attached hydrogens (tertiary/aromatic N) is 2. The number of carbonyl (C=O) groups is 1. The van der Waals surface area contributed by atoms with Crippen molar-refractivity contribution in [3.8, 4) is 5.75 Å². The molecule has 26 heavy (non-hydrogen) atoms. The zero-order valence-corrected chi connectivity index (χ0v) is 14.6. The average Bonchev–Trinajstić information content (AvgIpc) is 3.30. The molecule has 5 rings (SSSR count). The molecule has 0 aliphatic carbocycles. The number of ether oxygens (including phenoxy) is 1. The van der Waals surface area contributed by atoms with E-state index in [2.05, 4.69) is 20.3 Å². The Morgan fingerprint density at radius 3 is 3.12 bits per heavy atom. The lowest BCUT2D eigenvalue weighted by molar-refractivity contribution is -0.134. The number of hydrogen-bond donors (Lipinski definition) is 3. The van der Waals surface area contributed by atoms with Gasteiger partial charge in [0.15, 0.2) is 0 Å². The van der Waals surface area contributed by atoms with E-state index < -0.39 is 0 Å². The molecule has 3 aromatic rings. The minimum Gasteiger partial charge on any atom is -0.497 e. The van der Waals surface area contributed by atoms with Crippen LogP contribution in [0.3, 0.4) is 0 Å². The Balaban J connectivity index is 1.46. The lowest BCUT2D eigenvalue weighted by Crippen LogP contribution is -2.45. The molecule has 2 aromatic heterocycles. The summed E-state index contributed by atoms with van der Waals surface area (Å²) in [6.07, 6.45) is 3.39. The van der Waals surface area contributed by atoms with Crippen molar-refractivity contribution in [2.75, 3.05) is 20.2 Å². The molecule has 7 heteroatoms. The van der Waals surface area contributed by atoms with Crippen LogP contribution in [0.1, 0.15) is 28.7 Å². The fourth-order valence-corrected chi connectivity index (χ4v) is 4.11. The second-order valence-electron chi connectivity index (χ2n) is 6.91. The second-order valence-corrected chi connectivity index (χ2v) is 6.91. The number of hydrogen-bond acceptors (Lipinski definition) is 4. The first kappa shape index (κ1) is 15.5. The van der Waals surface area contributed by atoms with E-state index in [1.807, 2.05) is 23.1 Å². The third-order valence-corrected chi connectivity index (χ3v) is 5.49. The monoisotopic (exact) mass is 351 g/mol. The second kappa shape index (κ2) is 5.88. The summed E-state index contributed by atoms with van der Waals surface area (Å²) in [5, 5.41) is 4.46. The fraction of sp³-hybridized carbons (Fsp3) is 0.368. The number of rotatable bonds is 2. The maximum absolute atomic E-state index is 13.2. The van der Waals surface area contributed by atoms with Crippen molar-refractivity contribution in [1.82, 2.24) is 25.2 Å². The Morgan fingerprint density at radius 1 is 1.31 bits per heavy atom. The Morgan fingerprint density at radius 2 is 2.23 bits per heavy atom. The first-order chi connectivity index (χ1) is 12.7. The predicted molar refractivity (Wildman–Crippen MR) is 97.0 cm³/mol. The standard InChI is InChI=1S/C19H21N5O2/c1-26-11-2-3-14-12(8-11)13-9-24(7-5-15(13)23-14)19(25)18-17-16(4-6-20-18)21-10-22-17/h2-3,8,10,18,20,23H,4-7,9H2,1H3,(H,21,22)/t18-/m0/s1. The van der Waals surface area contributed by atoms with Crippen LogP contribution in [0.25, 0.3) is 10.9 Å². The minimum absolute atomic E-state index is 0.0981. The molecule has 1 atom stereocenters. The topological polar surface area (TPSA) is 86.0 Å². The molecule has 1 amide bonds. The van der Waals surface area contributed by atoms with Crippen molar-refractivity contribution in [3.05, 3.63) is 47.2 Å². The summed E-state index contributed by atoms with van der Waals surface area (Å²) >= 11 is 0. The van der Waals surface area contributed by atoms with E-state index in [9.17, 15) is 4.79 Å². The number of H-pyrrole nitrogens is 2. The lowest BCUT2D eigenvalue weighted by Gasteiger charge is -2.32. The largest absolute Gasteiger partial charge is 0.497 e. The molecule has 2 aliphatic rings. The van der Waals surface area contributed by atoms with Gasteiger partial charge in [0.25, 0.3) is 0 Å². The molecular weight excluding hydrogens is 330 g/mol. The van der Waals surface area contributed by atoms with Gasteiger partial charge in [-0.2, -0.15) is 0 Å². The van der Waals surface area contributed by atoms with Crippen molar-refractivity contribution < 1.29 is 9.53 Å². The van der Waals surface area contributed by atoms with Gasteiger partial charge >= 0.3 is 0 Å². The van der Waals surface area contributed by atoms with Gasteiger partial charge in [0.05, 0.1) is 19.1 Å². The number of fused-ring (bicyclic) bond motifs is 4. The van der Waals surface area contributed by atoms with Gasteiger partial charge in [0, 0.05) is 60.3 Å². The number of nitrogens with one attached hydrogen (secondary N) is 3. The molecule has 7 nitrogen and oxygen atoms in total. The Hall–Kier alpha value is -2.80. The summed E-state index contributed by atoms with van der Waals surface area (Å²) < 4.78 is 5.37. The molecule has 0 fully saturated rings. The van der Waals surface area contributed by atoms with E-state index in [1.54, 1.807) is 13.4 Å². The van der Waals surface area contributed by atoms with Crippen molar-refractivity contribution >= 4 is 16.8 Å². The molecule has 0 saturated carbocycles. The van der Waals surface area contributed by atoms with E-state index in [-0.39, 0.29) is 11.9 Å². The Kier molecular flexibility index (Phi) is 3.49. The number of aromatic amines is 2. The first-order valence-electron chi connectivity index (χ1n) is 8.96. The van der Waals surface area contributed by atoms with Gasteiger partial charge in [-0.15, -0.1) is 0 Å². The molecule has 0 spiro atoms. The van der Waals surface area contributed by atoms with Crippen LogP contribution in [0.5, 0.6) is 5.75 Å². The number of carbonyl (C=O) groups excluding carboxylic acids is 1. The highest BCUT2D eigenvalue weighted by Gasteiger charge is 2.34. The zero-order valence-electron chi connectivity index (χ0n) is 14.6. The maximum atomic E-state index is 13.2. The van der Waals surface area contributed by atoms with Crippen LogP contribution in [0.2, 0.25) is 0 Å². The number of methoxy groups -OCH3 is 1. The van der Waals surface area contributed by atoms with Gasteiger partial charge in [0.2, 0.25) is 5.91 Å². The number of benzene rings is 1. The molecule has 1 aromatic carbocycles. The minimum atomic E-state index is -0.355. The molecule has 2 aliphatic heterocycles. The van der Waals surface area contributed by atoms with Crippen molar-refractivity contribution in [2.45, 2.75) is 25.4 Å². The summed E-state index contributed by atoms with van der Waals surface area (Å²) in [5.74, 6) is 0.929. The fourth-order valence-electron chi connectivity index (χ4n) is 4.11. The highest BCUT2D eigenvalue weighted by molar-refractivity contribution is 5.88. The summed E-state index contributed by atoms with van der Waals surface area (Å²) in [4.78, 5) is 26.1. The Labute approximate surface area is 150 Å². The van der Waals surface area contributed by atoms with Gasteiger partial charge < -0.3 is 24.9 Å². The first-order valence-corrected chi connectivity index (χ1v) is 8.96. The summed E-state index contributed by atoms with van der Waals surface area (Å²) in [6, 6.07) is 5.69.